The summed E-state index contributed by atoms with van der Waals surface area (Å²) in [6.45, 7) is 2.30. The minimum absolute atomic E-state index is 0.252. The fraction of sp³-hybridized carbons (Fsp3) is 0.300. The predicted molar refractivity (Wildman–Crippen MR) is 55.3 cm³/mol. The lowest BCUT2D eigenvalue weighted by Gasteiger charge is -2.04. The lowest BCUT2D eigenvalue weighted by molar-refractivity contribution is 0.0530. The molecule has 0 atom stereocenters. The summed E-state index contributed by atoms with van der Waals surface area (Å²) in [6.07, 6.45) is 0. The van der Waals surface area contributed by atoms with Gasteiger partial charge >= 0.3 is 5.97 Å². The largest absolute Gasteiger partial charge is 0.461 e. The number of hydrogen-bond acceptors (Lipinski definition) is 2. The fourth-order valence-corrected chi connectivity index (χ4v) is 1.17. The van der Waals surface area contributed by atoms with Gasteiger partial charge in [-0.2, -0.15) is 0 Å². The van der Waals surface area contributed by atoms with E-state index >= 15 is 0 Å². The SMILES string of the molecule is Cc1ccccc1C(=O)OCCBr. The molecule has 3 heteroatoms. The van der Waals surface area contributed by atoms with Gasteiger partial charge in [-0.05, 0) is 18.6 Å². The molecule has 1 aromatic rings. The normalized spacial score (nSPS) is 9.69. The molecule has 0 fully saturated rings. The molecule has 0 heterocycles. The van der Waals surface area contributed by atoms with Gasteiger partial charge in [0.2, 0.25) is 0 Å². The van der Waals surface area contributed by atoms with Crippen LogP contribution in [0.25, 0.3) is 0 Å². The van der Waals surface area contributed by atoms with E-state index in [9.17, 15) is 4.79 Å². The lowest BCUT2D eigenvalue weighted by Crippen LogP contribution is -2.08. The van der Waals surface area contributed by atoms with Gasteiger partial charge in [0, 0.05) is 5.33 Å². The van der Waals surface area contributed by atoms with Crippen LogP contribution in [0.5, 0.6) is 0 Å². The van der Waals surface area contributed by atoms with Crippen LogP contribution in [0.3, 0.4) is 0 Å². The van der Waals surface area contributed by atoms with E-state index in [-0.39, 0.29) is 5.97 Å². The van der Waals surface area contributed by atoms with Crippen molar-refractivity contribution in [2.45, 2.75) is 6.92 Å². The van der Waals surface area contributed by atoms with E-state index in [4.69, 9.17) is 4.74 Å². The molecule has 0 aliphatic rings. The molecule has 0 radical (unpaired) electrons. The van der Waals surface area contributed by atoms with E-state index in [2.05, 4.69) is 15.9 Å². The molecule has 0 aliphatic heterocycles. The van der Waals surface area contributed by atoms with Crippen LogP contribution in [0.2, 0.25) is 0 Å². The van der Waals surface area contributed by atoms with E-state index in [0.717, 1.165) is 5.56 Å². The number of benzene rings is 1. The molecule has 0 aliphatic carbocycles. The number of hydrogen-bond donors (Lipinski definition) is 0. The summed E-state index contributed by atoms with van der Waals surface area (Å²) in [5.41, 5.74) is 1.59. The third-order valence-corrected chi connectivity index (χ3v) is 2.00. The Labute approximate surface area is 86.0 Å². The molecule has 0 spiro atoms. The van der Waals surface area contributed by atoms with Gasteiger partial charge in [0.15, 0.2) is 0 Å². The average Bonchev–Trinajstić information content (AvgIpc) is 2.15. The van der Waals surface area contributed by atoms with Crippen LogP contribution in [0, 0.1) is 6.92 Å². The molecule has 2 nitrogen and oxygen atoms in total. The number of halogens is 1. The van der Waals surface area contributed by atoms with Gasteiger partial charge in [0.05, 0.1) is 5.56 Å². The number of rotatable bonds is 3. The van der Waals surface area contributed by atoms with Crippen LogP contribution in [0.15, 0.2) is 24.3 Å². The highest BCUT2D eigenvalue weighted by Crippen LogP contribution is 2.08. The average molecular weight is 243 g/mol. The standard InChI is InChI=1S/C10H11BrO2/c1-8-4-2-3-5-9(8)10(12)13-7-6-11/h2-5H,6-7H2,1H3. The molecule has 0 N–H and O–H groups in total. The van der Waals surface area contributed by atoms with Crippen molar-refractivity contribution >= 4 is 21.9 Å². The summed E-state index contributed by atoms with van der Waals surface area (Å²) in [7, 11) is 0. The van der Waals surface area contributed by atoms with Gasteiger partial charge < -0.3 is 4.74 Å². The van der Waals surface area contributed by atoms with Crippen LogP contribution in [-0.2, 0) is 4.74 Å². The van der Waals surface area contributed by atoms with Crippen molar-refractivity contribution in [2.75, 3.05) is 11.9 Å². The van der Waals surface area contributed by atoms with Gasteiger partial charge in [0.1, 0.15) is 6.61 Å². The van der Waals surface area contributed by atoms with E-state index in [0.29, 0.717) is 17.5 Å². The summed E-state index contributed by atoms with van der Waals surface area (Å²) >= 11 is 3.19. The third-order valence-electron chi connectivity index (χ3n) is 1.68. The Kier molecular flexibility index (Phi) is 3.96. The van der Waals surface area contributed by atoms with Crippen LogP contribution in [0.4, 0.5) is 0 Å². The monoisotopic (exact) mass is 242 g/mol. The molecule has 0 unspecified atom stereocenters. The van der Waals surface area contributed by atoms with Crippen molar-refractivity contribution in [3.05, 3.63) is 35.4 Å². The number of aryl methyl sites for hydroxylation is 1. The van der Waals surface area contributed by atoms with Crippen LogP contribution >= 0.6 is 15.9 Å². The molecule has 0 amide bonds. The maximum Gasteiger partial charge on any atom is 0.338 e. The Morgan fingerprint density at radius 2 is 2.15 bits per heavy atom. The Morgan fingerprint density at radius 1 is 1.46 bits per heavy atom. The molecule has 70 valence electrons. The zero-order valence-electron chi connectivity index (χ0n) is 7.42. The van der Waals surface area contributed by atoms with E-state index < -0.39 is 0 Å². The number of esters is 1. The number of carbonyl (C=O) groups is 1. The maximum atomic E-state index is 11.4. The van der Waals surface area contributed by atoms with Crippen molar-refractivity contribution in [1.29, 1.82) is 0 Å². The second-order valence-corrected chi connectivity index (χ2v) is 3.43. The summed E-state index contributed by atoms with van der Waals surface area (Å²) < 4.78 is 4.97. The molecular weight excluding hydrogens is 232 g/mol. The van der Waals surface area contributed by atoms with Crippen LogP contribution in [-0.4, -0.2) is 17.9 Å². The highest BCUT2D eigenvalue weighted by Gasteiger charge is 2.08. The van der Waals surface area contributed by atoms with Crippen molar-refractivity contribution in [3.63, 3.8) is 0 Å². The topological polar surface area (TPSA) is 26.3 Å². The first-order valence-electron chi connectivity index (χ1n) is 4.04. The summed E-state index contributed by atoms with van der Waals surface area (Å²) in [5, 5.41) is 0.671. The number of ether oxygens (including phenoxy) is 1. The van der Waals surface area contributed by atoms with Crippen molar-refractivity contribution < 1.29 is 9.53 Å². The number of carbonyl (C=O) groups excluding carboxylic acids is 1. The molecule has 1 aromatic carbocycles. The first-order valence-corrected chi connectivity index (χ1v) is 5.16. The zero-order chi connectivity index (χ0) is 9.68. The third kappa shape index (κ3) is 2.84. The molecule has 0 saturated heterocycles. The Balaban J connectivity index is 2.71. The second-order valence-electron chi connectivity index (χ2n) is 2.64. The summed E-state index contributed by atoms with van der Waals surface area (Å²) in [6, 6.07) is 7.39. The molecule has 1 rings (SSSR count). The lowest BCUT2D eigenvalue weighted by atomic mass is 10.1. The number of alkyl halides is 1. The molecule has 0 saturated carbocycles. The van der Waals surface area contributed by atoms with Crippen LogP contribution < -0.4 is 0 Å². The zero-order valence-corrected chi connectivity index (χ0v) is 9.00. The summed E-state index contributed by atoms with van der Waals surface area (Å²) in [5.74, 6) is -0.252. The van der Waals surface area contributed by atoms with Gasteiger partial charge in [0.25, 0.3) is 0 Å². The van der Waals surface area contributed by atoms with Gasteiger partial charge in [-0.15, -0.1) is 0 Å². The molecule has 0 bridgehead atoms. The van der Waals surface area contributed by atoms with E-state index in [1.165, 1.54) is 0 Å². The Hall–Kier alpha value is -0.830. The smallest absolute Gasteiger partial charge is 0.338 e. The van der Waals surface area contributed by atoms with Crippen molar-refractivity contribution in [3.8, 4) is 0 Å². The fourth-order valence-electron chi connectivity index (χ4n) is 1.01. The molecule has 0 aromatic heterocycles. The summed E-state index contributed by atoms with van der Waals surface area (Å²) in [4.78, 5) is 11.4. The van der Waals surface area contributed by atoms with Crippen LogP contribution in [0.1, 0.15) is 15.9 Å². The predicted octanol–water partition coefficient (Wildman–Crippen LogP) is 2.55. The van der Waals surface area contributed by atoms with E-state index in [1.807, 2.05) is 25.1 Å². The Morgan fingerprint density at radius 3 is 2.77 bits per heavy atom. The maximum absolute atomic E-state index is 11.4. The molecule has 13 heavy (non-hydrogen) atoms. The van der Waals surface area contributed by atoms with Crippen molar-refractivity contribution in [2.24, 2.45) is 0 Å². The van der Waals surface area contributed by atoms with Gasteiger partial charge in [-0.3, -0.25) is 0 Å². The Bertz CT molecular complexity index is 297. The minimum atomic E-state index is -0.252. The van der Waals surface area contributed by atoms with Crippen molar-refractivity contribution in [1.82, 2.24) is 0 Å². The van der Waals surface area contributed by atoms with Gasteiger partial charge in [-0.1, -0.05) is 34.1 Å². The first kappa shape index (κ1) is 10.3. The first-order chi connectivity index (χ1) is 6.25. The minimum Gasteiger partial charge on any atom is -0.461 e. The van der Waals surface area contributed by atoms with Gasteiger partial charge in [-0.25, -0.2) is 4.79 Å². The second kappa shape index (κ2) is 5.02. The quantitative estimate of drug-likeness (QED) is 0.602. The highest BCUT2D eigenvalue weighted by atomic mass is 79.9. The highest BCUT2D eigenvalue weighted by molar-refractivity contribution is 9.09. The molecular formula is C10H11BrO2. The van der Waals surface area contributed by atoms with E-state index in [1.54, 1.807) is 6.07 Å².